The SMILES string of the molecule is N[C@H](CNCc1ccccc1)c1ccccc1. The minimum Gasteiger partial charge on any atom is -0.323 e. The maximum Gasteiger partial charge on any atom is 0.0421 e. The first kappa shape index (κ1) is 11.8. The van der Waals surface area contributed by atoms with Crippen molar-refractivity contribution in [1.82, 2.24) is 5.32 Å². The van der Waals surface area contributed by atoms with Gasteiger partial charge < -0.3 is 11.1 Å². The molecule has 0 heterocycles. The van der Waals surface area contributed by atoms with Crippen LogP contribution < -0.4 is 11.1 Å². The number of benzene rings is 2. The molecule has 2 nitrogen and oxygen atoms in total. The Bertz CT molecular complexity index is 425. The van der Waals surface area contributed by atoms with Gasteiger partial charge in [-0.2, -0.15) is 0 Å². The smallest absolute Gasteiger partial charge is 0.0421 e. The summed E-state index contributed by atoms with van der Waals surface area (Å²) < 4.78 is 0. The van der Waals surface area contributed by atoms with Crippen LogP contribution in [0.25, 0.3) is 0 Å². The van der Waals surface area contributed by atoms with E-state index in [0.717, 1.165) is 13.1 Å². The number of nitrogens with two attached hydrogens (primary N) is 1. The van der Waals surface area contributed by atoms with Crippen molar-refractivity contribution in [3.8, 4) is 0 Å². The molecule has 2 rings (SSSR count). The normalized spacial score (nSPS) is 12.3. The van der Waals surface area contributed by atoms with Gasteiger partial charge in [-0.25, -0.2) is 0 Å². The van der Waals surface area contributed by atoms with E-state index < -0.39 is 0 Å². The lowest BCUT2D eigenvalue weighted by Gasteiger charge is -2.13. The lowest BCUT2D eigenvalue weighted by Crippen LogP contribution is -2.26. The van der Waals surface area contributed by atoms with Crippen LogP contribution in [0.4, 0.5) is 0 Å². The number of hydrogen-bond donors (Lipinski definition) is 2. The second kappa shape index (κ2) is 6.18. The zero-order chi connectivity index (χ0) is 11.9. The lowest BCUT2D eigenvalue weighted by atomic mass is 10.1. The summed E-state index contributed by atoms with van der Waals surface area (Å²) in [6, 6.07) is 20.6. The van der Waals surface area contributed by atoms with Crippen molar-refractivity contribution in [2.75, 3.05) is 6.54 Å². The molecule has 0 fully saturated rings. The van der Waals surface area contributed by atoms with Gasteiger partial charge in [0.15, 0.2) is 0 Å². The molecule has 2 aromatic carbocycles. The van der Waals surface area contributed by atoms with Gasteiger partial charge in [-0.1, -0.05) is 60.7 Å². The van der Waals surface area contributed by atoms with Crippen LogP contribution in [0.2, 0.25) is 0 Å². The fourth-order valence-corrected chi connectivity index (χ4v) is 1.79. The molecule has 0 saturated carbocycles. The van der Waals surface area contributed by atoms with Gasteiger partial charge >= 0.3 is 0 Å². The van der Waals surface area contributed by atoms with Gasteiger partial charge in [-0.05, 0) is 11.1 Å². The van der Waals surface area contributed by atoms with E-state index in [2.05, 4.69) is 29.6 Å². The molecule has 1 atom stereocenters. The summed E-state index contributed by atoms with van der Waals surface area (Å²) in [6.07, 6.45) is 0. The second-order valence-corrected chi connectivity index (χ2v) is 4.13. The van der Waals surface area contributed by atoms with E-state index in [1.54, 1.807) is 0 Å². The minimum absolute atomic E-state index is 0.0555. The van der Waals surface area contributed by atoms with Gasteiger partial charge in [0.05, 0.1) is 0 Å². The van der Waals surface area contributed by atoms with Crippen molar-refractivity contribution in [1.29, 1.82) is 0 Å². The molecule has 17 heavy (non-hydrogen) atoms. The number of nitrogens with one attached hydrogen (secondary N) is 1. The lowest BCUT2D eigenvalue weighted by molar-refractivity contribution is 0.598. The molecule has 0 aromatic heterocycles. The summed E-state index contributed by atoms with van der Waals surface area (Å²) in [7, 11) is 0. The predicted molar refractivity (Wildman–Crippen MR) is 71.5 cm³/mol. The fourth-order valence-electron chi connectivity index (χ4n) is 1.79. The molecule has 3 N–H and O–H groups in total. The molecule has 0 saturated heterocycles. The van der Waals surface area contributed by atoms with Crippen molar-refractivity contribution < 1.29 is 0 Å². The molecule has 0 bridgehead atoms. The molecule has 0 aliphatic rings. The highest BCUT2D eigenvalue weighted by molar-refractivity contribution is 5.19. The first-order valence-corrected chi connectivity index (χ1v) is 5.91. The third-order valence-electron chi connectivity index (χ3n) is 2.76. The zero-order valence-electron chi connectivity index (χ0n) is 9.84. The topological polar surface area (TPSA) is 38.0 Å². The average molecular weight is 226 g/mol. The summed E-state index contributed by atoms with van der Waals surface area (Å²) in [5, 5.41) is 3.37. The molecule has 0 spiro atoms. The van der Waals surface area contributed by atoms with Gasteiger partial charge in [-0.3, -0.25) is 0 Å². The van der Waals surface area contributed by atoms with Crippen LogP contribution in [0.1, 0.15) is 17.2 Å². The average Bonchev–Trinajstić information content (AvgIpc) is 2.41. The first-order chi connectivity index (χ1) is 8.36. The Morgan fingerprint density at radius 1 is 0.882 bits per heavy atom. The standard InChI is InChI=1S/C15H18N2/c16-15(14-9-5-2-6-10-14)12-17-11-13-7-3-1-4-8-13/h1-10,15,17H,11-12,16H2/t15-/m1/s1. The van der Waals surface area contributed by atoms with Crippen LogP contribution in [0.5, 0.6) is 0 Å². The largest absolute Gasteiger partial charge is 0.323 e. The van der Waals surface area contributed by atoms with Crippen molar-refractivity contribution in [2.45, 2.75) is 12.6 Å². The number of hydrogen-bond acceptors (Lipinski definition) is 2. The van der Waals surface area contributed by atoms with Gasteiger partial charge in [-0.15, -0.1) is 0 Å². The molecule has 2 aromatic rings. The third-order valence-corrected chi connectivity index (χ3v) is 2.76. The summed E-state index contributed by atoms with van der Waals surface area (Å²) in [6.45, 7) is 1.65. The molecule has 2 heteroatoms. The van der Waals surface area contributed by atoms with Crippen LogP contribution in [-0.4, -0.2) is 6.54 Å². The van der Waals surface area contributed by atoms with Crippen LogP contribution >= 0.6 is 0 Å². The summed E-state index contributed by atoms with van der Waals surface area (Å²) in [4.78, 5) is 0. The Kier molecular flexibility index (Phi) is 4.30. The zero-order valence-corrected chi connectivity index (χ0v) is 9.84. The van der Waals surface area contributed by atoms with E-state index in [4.69, 9.17) is 5.73 Å². The Hall–Kier alpha value is -1.64. The molecule has 0 radical (unpaired) electrons. The van der Waals surface area contributed by atoms with Gasteiger partial charge in [0, 0.05) is 19.1 Å². The van der Waals surface area contributed by atoms with Crippen LogP contribution in [0.15, 0.2) is 60.7 Å². The van der Waals surface area contributed by atoms with Gasteiger partial charge in [0.25, 0.3) is 0 Å². The van der Waals surface area contributed by atoms with E-state index >= 15 is 0 Å². The second-order valence-electron chi connectivity index (χ2n) is 4.13. The molecule has 0 unspecified atom stereocenters. The Morgan fingerprint density at radius 2 is 1.47 bits per heavy atom. The van der Waals surface area contributed by atoms with E-state index in [1.165, 1.54) is 11.1 Å². The Morgan fingerprint density at radius 3 is 2.12 bits per heavy atom. The fraction of sp³-hybridized carbons (Fsp3) is 0.200. The third kappa shape index (κ3) is 3.70. The molecule has 0 aliphatic carbocycles. The van der Waals surface area contributed by atoms with E-state index in [-0.39, 0.29) is 6.04 Å². The molecular weight excluding hydrogens is 208 g/mol. The highest BCUT2D eigenvalue weighted by atomic mass is 14.9. The molecule has 0 amide bonds. The van der Waals surface area contributed by atoms with Crippen molar-refractivity contribution >= 4 is 0 Å². The van der Waals surface area contributed by atoms with Crippen LogP contribution in [-0.2, 0) is 6.54 Å². The minimum atomic E-state index is 0.0555. The predicted octanol–water partition coefficient (Wildman–Crippen LogP) is 2.48. The molecule has 0 aliphatic heterocycles. The highest BCUT2D eigenvalue weighted by Crippen LogP contribution is 2.08. The quantitative estimate of drug-likeness (QED) is 0.822. The highest BCUT2D eigenvalue weighted by Gasteiger charge is 2.03. The van der Waals surface area contributed by atoms with Gasteiger partial charge in [0.2, 0.25) is 0 Å². The van der Waals surface area contributed by atoms with E-state index in [0.29, 0.717) is 0 Å². The Balaban J connectivity index is 1.79. The van der Waals surface area contributed by atoms with Gasteiger partial charge in [0.1, 0.15) is 0 Å². The first-order valence-electron chi connectivity index (χ1n) is 5.91. The summed E-state index contributed by atoms with van der Waals surface area (Å²) >= 11 is 0. The van der Waals surface area contributed by atoms with Crippen molar-refractivity contribution in [3.05, 3.63) is 71.8 Å². The monoisotopic (exact) mass is 226 g/mol. The molecular formula is C15H18N2. The molecule has 88 valence electrons. The summed E-state index contributed by atoms with van der Waals surface area (Å²) in [5.74, 6) is 0. The van der Waals surface area contributed by atoms with E-state index in [1.807, 2.05) is 36.4 Å². The van der Waals surface area contributed by atoms with E-state index in [9.17, 15) is 0 Å². The van der Waals surface area contributed by atoms with Crippen molar-refractivity contribution in [2.24, 2.45) is 5.73 Å². The number of rotatable bonds is 5. The maximum absolute atomic E-state index is 6.10. The Labute approximate surface area is 102 Å². The van der Waals surface area contributed by atoms with Crippen LogP contribution in [0.3, 0.4) is 0 Å². The van der Waals surface area contributed by atoms with Crippen LogP contribution in [0, 0.1) is 0 Å². The van der Waals surface area contributed by atoms with Crippen molar-refractivity contribution in [3.63, 3.8) is 0 Å². The maximum atomic E-state index is 6.10. The summed E-state index contributed by atoms with van der Waals surface area (Å²) in [5.41, 5.74) is 8.56.